The van der Waals surface area contributed by atoms with Crippen LogP contribution in [0.25, 0.3) is 0 Å². The van der Waals surface area contributed by atoms with Gasteiger partial charge in [0.15, 0.2) is 0 Å². The Morgan fingerprint density at radius 2 is 1.88 bits per heavy atom. The Morgan fingerprint density at radius 3 is 2.42 bits per heavy atom. The van der Waals surface area contributed by atoms with Gasteiger partial charge in [0.25, 0.3) is 0 Å². The van der Waals surface area contributed by atoms with Crippen LogP contribution in [-0.2, 0) is 12.7 Å². The molecule has 1 aromatic carbocycles. The van der Waals surface area contributed by atoms with E-state index in [1.165, 1.54) is 12.1 Å². The number of aromatic nitrogens is 2. The highest BCUT2D eigenvalue weighted by atomic mass is 19.4. The molecule has 0 radical (unpaired) electrons. The van der Waals surface area contributed by atoms with Gasteiger partial charge in [-0.15, -0.1) is 0 Å². The maximum atomic E-state index is 12.6. The number of aryl methyl sites for hydroxylation is 1. The van der Waals surface area contributed by atoms with Crippen molar-refractivity contribution in [1.82, 2.24) is 14.5 Å². The predicted molar refractivity (Wildman–Crippen MR) is 91.7 cm³/mol. The summed E-state index contributed by atoms with van der Waals surface area (Å²) in [4.78, 5) is 18.2. The Kier molecular flexibility index (Phi) is 5.20. The van der Waals surface area contributed by atoms with Gasteiger partial charge in [0.1, 0.15) is 5.82 Å². The topological polar surface area (TPSA) is 50.2 Å². The third kappa shape index (κ3) is 4.36. The van der Waals surface area contributed by atoms with E-state index in [9.17, 15) is 18.0 Å². The number of benzene rings is 1. The SMILES string of the molecule is Cc1nccn1CC1CCN(C(=O)Nc2ccc(C(F)(F)F)cc2)CC1. The molecule has 0 bridgehead atoms. The van der Waals surface area contributed by atoms with Gasteiger partial charge >= 0.3 is 12.2 Å². The van der Waals surface area contributed by atoms with Crippen LogP contribution in [0, 0.1) is 12.8 Å². The van der Waals surface area contributed by atoms with Crippen LogP contribution in [0.2, 0.25) is 0 Å². The number of piperidine rings is 1. The predicted octanol–water partition coefficient (Wildman–Crippen LogP) is 4.15. The van der Waals surface area contributed by atoms with Crippen molar-refractivity contribution in [2.24, 2.45) is 5.92 Å². The van der Waals surface area contributed by atoms with E-state index in [0.717, 1.165) is 37.3 Å². The van der Waals surface area contributed by atoms with Gasteiger partial charge in [0, 0.05) is 37.7 Å². The number of likely N-dealkylation sites (tertiary alicyclic amines) is 1. The minimum Gasteiger partial charge on any atom is -0.335 e. The van der Waals surface area contributed by atoms with Crippen molar-refractivity contribution in [1.29, 1.82) is 0 Å². The zero-order chi connectivity index (χ0) is 18.7. The number of hydrogen-bond donors (Lipinski definition) is 1. The number of alkyl halides is 3. The molecular weight excluding hydrogens is 345 g/mol. The van der Waals surface area contributed by atoms with E-state index in [-0.39, 0.29) is 6.03 Å². The zero-order valence-electron chi connectivity index (χ0n) is 14.5. The molecule has 0 spiro atoms. The monoisotopic (exact) mass is 366 g/mol. The van der Waals surface area contributed by atoms with E-state index in [1.54, 1.807) is 11.1 Å². The molecule has 2 heterocycles. The van der Waals surface area contributed by atoms with Crippen LogP contribution >= 0.6 is 0 Å². The van der Waals surface area contributed by atoms with Crippen molar-refractivity contribution in [2.45, 2.75) is 32.5 Å². The second-order valence-electron chi connectivity index (χ2n) is 6.56. The van der Waals surface area contributed by atoms with Crippen LogP contribution in [0.4, 0.5) is 23.7 Å². The largest absolute Gasteiger partial charge is 0.416 e. The van der Waals surface area contributed by atoms with E-state index in [4.69, 9.17) is 0 Å². The second kappa shape index (κ2) is 7.39. The lowest BCUT2D eigenvalue weighted by Crippen LogP contribution is -2.41. The number of rotatable bonds is 3. The molecule has 1 aliphatic rings. The first-order valence-electron chi connectivity index (χ1n) is 8.54. The number of nitrogens with one attached hydrogen (secondary N) is 1. The number of urea groups is 1. The van der Waals surface area contributed by atoms with Gasteiger partial charge in [-0.25, -0.2) is 9.78 Å². The van der Waals surface area contributed by atoms with Crippen LogP contribution < -0.4 is 5.32 Å². The average molecular weight is 366 g/mol. The summed E-state index contributed by atoms with van der Waals surface area (Å²) in [5.74, 6) is 1.46. The summed E-state index contributed by atoms with van der Waals surface area (Å²) in [5, 5.41) is 2.66. The first-order valence-corrected chi connectivity index (χ1v) is 8.54. The normalized spacial score (nSPS) is 15.9. The molecule has 0 unspecified atom stereocenters. The van der Waals surface area contributed by atoms with E-state index in [0.29, 0.717) is 24.7 Å². The van der Waals surface area contributed by atoms with E-state index in [1.807, 2.05) is 13.1 Å². The molecule has 1 N–H and O–H groups in total. The molecule has 0 saturated carbocycles. The van der Waals surface area contributed by atoms with Gasteiger partial charge in [0.05, 0.1) is 5.56 Å². The standard InChI is InChI=1S/C18H21F3N4O/c1-13-22-8-11-25(13)12-14-6-9-24(10-7-14)17(26)23-16-4-2-15(3-5-16)18(19,20)21/h2-5,8,11,14H,6-7,9-10,12H2,1H3,(H,23,26). The first-order chi connectivity index (χ1) is 12.3. The van der Waals surface area contributed by atoms with E-state index < -0.39 is 11.7 Å². The van der Waals surface area contributed by atoms with Crippen molar-refractivity contribution in [2.75, 3.05) is 18.4 Å². The first kappa shape index (κ1) is 18.3. The molecular formula is C18H21F3N4O. The van der Waals surface area contributed by atoms with Crippen molar-refractivity contribution < 1.29 is 18.0 Å². The van der Waals surface area contributed by atoms with Gasteiger partial charge in [0.2, 0.25) is 0 Å². The molecule has 8 heteroatoms. The van der Waals surface area contributed by atoms with Crippen molar-refractivity contribution in [3.63, 3.8) is 0 Å². The number of amides is 2. The van der Waals surface area contributed by atoms with E-state index in [2.05, 4.69) is 14.9 Å². The van der Waals surface area contributed by atoms with Crippen molar-refractivity contribution >= 4 is 11.7 Å². The molecule has 140 valence electrons. The molecule has 1 aliphatic heterocycles. The minimum absolute atomic E-state index is 0.276. The number of halogens is 3. The van der Waals surface area contributed by atoms with E-state index >= 15 is 0 Å². The van der Waals surface area contributed by atoms with Gasteiger partial charge in [-0.1, -0.05) is 0 Å². The second-order valence-corrected chi connectivity index (χ2v) is 6.56. The Labute approximate surface area is 149 Å². The highest BCUT2D eigenvalue weighted by Crippen LogP contribution is 2.30. The molecule has 26 heavy (non-hydrogen) atoms. The zero-order valence-corrected chi connectivity index (χ0v) is 14.5. The van der Waals surface area contributed by atoms with Gasteiger partial charge < -0.3 is 14.8 Å². The van der Waals surface area contributed by atoms with Crippen LogP contribution in [0.15, 0.2) is 36.7 Å². The highest BCUT2D eigenvalue weighted by molar-refractivity contribution is 5.89. The molecule has 0 atom stereocenters. The molecule has 0 aliphatic carbocycles. The van der Waals surface area contributed by atoms with Crippen LogP contribution in [0.1, 0.15) is 24.2 Å². The molecule has 2 amide bonds. The van der Waals surface area contributed by atoms with Crippen molar-refractivity contribution in [3.8, 4) is 0 Å². The maximum Gasteiger partial charge on any atom is 0.416 e. The molecule has 2 aromatic rings. The summed E-state index contributed by atoms with van der Waals surface area (Å²) in [6, 6.07) is 4.21. The molecule has 1 saturated heterocycles. The number of imidazole rings is 1. The molecule has 5 nitrogen and oxygen atoms in total. The van der Waals surface area contributed by atoms with Crippen molar-refractivity contribution in [3.05, 3.63) is 48.0 Å². The Morgan fingerprint density at radius 1 is 1.23 bits per heavy atom. The number of carbonyl (C=O) groups is 1. The van der Waals surface area contributed by atoms with Crippen LogP contribution in [-0.4, -0.2) is 33.6 Å². The summed E-state index contributed by atoms with van der Waals surface area (Å²) in [7, 11) is 0. The lowest BCUT2D eigenvalue weighted by molar-refractivity contribution is -0.137. The third-order valence-electron chi connectivity index (χ3n) is 4.74. The summed E-state index contributed by atoms with van der Waals surface area (Å²) in [5.41, 5.74) is -0.370. The smallest absolute Gasteiger partial charge is 0.335 e. The lowest BCUT2D eigenvalue weighted by Gasteiger charge is -2.32. The summed E-state index contributed by atoms with van der Waals surface area (Å²) in [6.45, 7) is 4.11. The average Bonchev–Trinajstić information content (AvgIpc) is 3.00. The summed E-state index contributed by atoms with van der Waals surface area (Å²) in [6.07, 6.45) is 1.13. The highest BCUT2D eigenvalue weighted by Gasteiger charge is 2.30. The summed E-state index contributed by atoms with van der Waals surface area (Å²) < 4.78 is 39.8. The fourth-order valence-corrected chi connectivity index (χ4v) is 3.14. The molecule has 1 fully saturated rings. The summed E-state index contributed by atoms with van der Waals surface area (Å²) >= 11 is 0. The van der Waals surface area contributed by atoms with Gasteiger partial charge in [-0.3, -0.25) is 0 Å². The molecule has 1 aromatic heterocycles. The number of carbonyl (C=O) groups excluding carboxylic acids is 1. The lowest BCUT2D eigenvalue weighted by atomic mass is 9.97. The fraction of sp³-hybridized carbons (Fsp3) is 0.444. The fourth-order valence-electron chi connectivity index (χ4n) is 3.14. The maximum absolute atomic E-state index is 12.6. The number of nitrogens with zero attached hydrogens (tertiary/aromatic N) is 3. The third-order valence-corrected chi connectivity index (χ3v) is 4.74. The number of hydrogen-bond acceptors (Lipinski definition) is 2. The Balaban J connectivity index is 1.50. The number of anilines is 1. The Hall–Kier alpha value is -2.51. The van der Waals surface area contributed by atoms with Gasteiger partial charge in [-0.2, -0.15) is 13.2 Å². The minimum atomic E-state index is -4.38. The molecule has 3 rings (SSSR count). The van der Waals surface area contributed by atoms with Crippen LogP contribution in [0.3, 0.4) is 0 Å². The van der Waals surface area contributed by atoms with Gasteiger partial charge in [-0.05, 0) is 49.9 Å². The van der Waals surface area contributed by atoms with Crippen LogP contribution in [0.5, 0.6) is 0 Å². The Bertz CT molecular complexity index is 747. The quantitative estimate of drug-likeness (QED) is 0.887.